The van der Waals surface area contributed by atoms with Crippen LogP contribution in [0.1, 0.15) is 0 Å². The number of hydrogen-bond acceptors (Lipinski definition) is 9. The highest BCUT2D eigenvalue weighted by Crippen LogP contribution is 1.98. The standard InChI is InChI=1S/3C4H4FN3O/c3*5-2-1-7-4(9)8-3(2)6/h3*1H,(H3,6,7,8,9). The molecule has 0 fully saturated rings. The minimum Gasteiger partial charge on any atom is -0.383 e. The number of nitrogens with two attached hydrogens (primary N) is 3. The molecule has 0 aliphatic carbocycles. The third-order valence-electron chi connectivity index (χ3n) is 2.38. The Labute approximate surface area is 146 Å². The number of anilines is 3. The van der Waals surface area contributed by atoms with Crippen LogP contribution in [-0.2, 0) is 0 Å². The van der Waals surface area contributed by atoms with Gasteiger partial charge in [-0.05, 0) is 0 Å². The minimum atomic E-state index is -0.713. The molecule has 0 aliphatic rings. The van der Waals surface area contributed by atoms with Crippen LogP contribution < -0.4 is 34.3 Å². The minimum absolute atomic E-state index is 0.282. The Morgan fingerprint density at radius 1 is 0.593 bits per heavy atom. The van der Waals surface area contributed by atoms with E-state index in [4.69, 9.17) is 17.2 Å². The van der Waals surface area contributed by atoms with Crippen molar-refractivity contribution in [2.24, 2.45) is 0 Å². The van der Waals surface area contributed by atoms with Crippen LogP contribution in [0.5, 0.6) is 0 Å². The number of H-pyrrole nitrogens is 3. The first-order valence-electron chi connectivity index (χ1n) is 6.61. The van der Waals surface area contributed by atoms with Crippen molar-refractivity contribution in [2.75, 3.05) is 17.2 Å². The lowest BCUT2D eigenvalue weighted by Gasteiger charge is -1.89. The molecule has 12 nitrogen and oxygen atoms in total. The van der Waals surface area contributed by atoms with E-state index in [1.165, 1.54) is 0 Å². The van der Waals surface area contributed by atoms with E-state index < -0.39 is 34.5 Å². The zero-order valence-electron chi connectivity index (χ0n) is 13.2. The second-order valence-electron chi connectivity index (χ2n) is 4.35. The van der Waals surface area contributed by atoms with Gasteiger partial charge in [-0.25, -0.2) is 27.6 Å². The van der Waals surface area contributed by atoms with Gasteiger partial charge >= 0.3 is 17.1 Å². The summed E-state index contributed by atoms with van der Waals surface area (Å²) in [6.45, 7) is 0. The summed E-state index contributed by atoms with van der Waals surface area (Å²) in [5.41, 5.74) is 12.9. The molecule has 0 amide bonds. The third kappa shape index (κ3) is 7.08. The van der Waals surface area contributed by atoms with E-state index >= 15 is 0 Å². The van der Waals surface area contributed by atoms with Crippen LogP contribution in [0.3, 0.4) is 0 Å². The van der Waals surface area contributed by atoms with Crippen LogP contribution in [0.2, 0.25) is 0 Å². The van der Waals surface area contributed by atoms with Gasteiger partial charge in [-0.2, -0.15) is 15.0 Å². The van der Waals surface area contributed by atoms with E-state index in [9.17, 15) is 27.6 Å². The Hall–Kier alpha value is -4.17. The summed E-state index contributed by atoms with van der Waals surface area (Å²) in [4.78, 5) is 45.8. The van der Waals surface area contributed by atoms with Crippen molar-refractivity contribution in [3.63, 3.8) is 0 Å². The van der Waals surface area contributed by atoms with Crippen molar-refractivity contribution in [3.8, 4) is 0 Å². The second-order valence-corrected chi connectivity index (χ2v) is 4.35. The number of hydrogen-bond donors (Lipinski definition) is 6. The first-order valence-corrected chi connectivity index (χ1v) is 6.61. The predicted molar refractivity (Wildman–Crippen MR) is 87.7 cm³/mol. The van der Waals surface area contributed by atoms with Gasteiger partial charge < -0.3 is 17.2 Å². The maximum atomic E-state index is 12.1. The maximum Gasteiger partial charge on any atom is 0.346 e. The second kappa shape index (κ2) is 9.35. The number of nitrogens with zero attached hydrogens (tertiary/aromatic N) is 3. The highest BCUT2D eigenvalue weighted by Gasteiger charge is 1.96. The van der Waals surface area contributed by atoms with E-state index in [2.05, 4.69) is 15.0 Å². The lowest BCUT2D eigenvalue weighted by molar-refractivity contribution is 0.617. The maximum absolute atomic E-state index is 12.1. The molecular formula is C12H12F3N9O3. The van der Waals surface area contributed by atoms with Crippen molar-refractivity contribution in [3.05, 3.63) is 67.5 Å². The lowest BCUT2D eigenvalue weighted by atomic mass is 10.6. The Kier molecular flexibility index (Phi) is 7.23. The summed E-state index contributed by atoms with van der Waals surface area (Å²) >= 11 is 0. The largest absolute Gasteiger partial charge is 0.383 e. The van der Waals surface area contributed by atoms with Crippen molar-refractivity contribution in [1.82, 2.24) is 29.9 Å². The molecule has 0 spiro atoms. The lowest BCUT2D eigenvalue weighted by Crippen LogP contribution is -2.12. The molecule has 9 N–H and O–H groups in total. The Morgan fingerprint density at radius 2 is 0.815 bits per heavy atom. The average Bonchev–Trinajstić information content (AvgIpc) is 2.60. The highest BCUT2D eigenvalue weighted by molar-refractivity contribution is 5.26. The van der Waals surface area contributed by atoms with Crippen molar-refractivity contribution >= 4 is 17.5 Å². The summed E-state index contributed by atoms with van der Waals surface area (Å²) in [5, 5.41) is 0. The SMILES string of the molecule is Nc1[nH]c(=O)ncc1F.Nc1[nH]c(=O)ncc1F.Nc1[nH]c(=O)ncc1F. The van der Waals surface area contributed by atoms with Crippen molar-refractivity contribution in [1.29, 1.82) is 0 Å². The highest BCUT2D eigenvalue weighted by atomic mass is 19.1. The van der Waals surface area contributed by atoms with E-state index in [1.54, 1.807) is 0 Å². The fourth-order valence-electron chi connectivity index (χ4n) is 1.18. The quantitative estimate of drug-likeness (QED) is 0.263. The van der Waals surface area contributed by atoms with E-state index in [-0.39, 0.29) is 17.5 Å². The molecule has 144 valence electrons. The number of rotatable bonds is 0. The molecule has 3 aromatic heterocycles. The fourth-order valence-corrected chi connectivity index (χ4v) is 1.18. The Morgan fingerprint density at radius 3 is 0.963 bits per heavy atom. The van der Waals surface area contributed by atoms with Gasteiger partial charge in [0, 0.05) is 0 Å². The first-order chi connectivity index (χ1) is 12.6. The molecule has 0 saturated carbocycles. The number of aromatic nitrogens is 6. The number of nitrogens with one attached hydrogen (secondary N) is 3. The van der Waals surface area contributed by atoms with Crippen molar-refractivity contribution in [2.45, 2.75) is 0 Å². The van der Waals surface area contributed by atoms with Gasteiger partial charge in [-0.1, -0.05) is 0 Å². The Bertz CT molecular complexity index is 943. The molecule has 0 atom stereocenters. The van der Waals surface area contributed by atoms with Crippen LogP contribution in [0.25, 0.3) is 0 Å². The number of nitrogen functional groups attached to an aromatic ring is 3. The zero-order valence-corrected chi connectivity index (χ0v) is 13.2. The molecule has 15 heteroatoms. The van der Waals surface area contributed by atoms with Crippen LogP contribution in [-0.4, -0.2) is 29.9 Å². The first kappa shape index (κ1) is 20.9. The van der Waals surface area contributed by atoms with E-state index in [1.807, 2.05) is 15.0 Å². The van der Waals surface area contributed by atoms with Gasteiger partial charge in [0.05, 0.1) is 18.6 Å². The summed E-state index contributed by atoms with van der Waals surface area (Å²) < 4.78 is 36.4. The molecule has 3 aromatic rings. The van der Waals surface area contributed by atoms with Gasteiger partial charge in [0.2, 0.25) is 0 Å². The van der Waals surface area contributed by atoms with E-state index in [0.29, 0.717) is 0 Å². The normalized spacial score (nSPS) is 9.44. The van der Waals surface area contributed by atoms with Gasteiger partial charge in [0.1, 0.15) is 17.5 Å². The summed E-state index contributed by atoms with van der Waals surface area (Å²) in [6, 6.07) is 0. The van der Waals surface area contributed by atoms with Crippen LogP contribution in [0, 0.1) is 17.5 Å². The molecule has 3 heterocycles. The molecule has 0 aliphatic heterocycles. The van der Waals surface area contributed by atoms with Gasteiger partial charge in [-0.15, -0.1) is 0 Å². The smallest absolute Gasteiger partial charge is 0.346 e. The zero-order chi connectivity index (χ0) is 20.6. The molecule has 0 unspecified atom stereocenters. The summed E-state index contributed by atoms with van der Waals surface area (Å²) in [7, 11) is 0. The number of halogens is 3. The van der Waals surface area contributed by atoms with E-state index in [0.717, 1.165) is 18.6 Å². The molecular weight excluding hydrogens is 375 g/mol. The van der Waals surface area contributed by atoms with Gasteiger partial charge in [0.25, 0.3) is 0 Å². The topological polar surface area (TPSA) is 215 Å². The van der Waals surface area contributed by atoms with Crippen LogP contribution in [0.4, 0.5) is 30.6 Å². The number of aromatic amines is 3. The molecule has 0 bridgehead atoms. The average molecular weight is 387 g/mol. The third-order valence-corrected chi connectivity index (χ3v) is 2.38. The van der Waals surface area contributed by atoms with Crippen LogP contribution >= 0.6 is 0 Å². The summed E-state index contributed by atoms with van der Waals surface area (Å²) in [5.74, 6) is -2.99. The fraction of sp³-hybridized carbons (Fsp3) is 0. The molecule has 0 aromatic carbocycles. The van der Waals surface area contributed by atoms with Gasteiger partial charge in [-0.3, -0.25) is 15.0 Å². The molecule has 3 rings (SSSR count). The predicted octanol–water partition coefficient (Wildman–Crippen LogP) is -1.53. The molecule has 0 radical (unpaired) electrons. The summed E-state index contributed by atoms with van der Waals surface area (Å²) in [6.07, 6.45) is 2.32. The van der Waals surface area contributed by atoms with Crippen LogP contribution in [0.15, 0.2) is 33.0 Å². The monoisotopic (exact) mass is 387 g/mol. The van der Waals surface area contributed by atoms with Crippen molar-refractivity contribution < 1.29 is 13.2 Å². The molecule has 27 heavy (non-hydrogen) atoms. The van der Waals surface area contributed by atoms with Gasteiger partial charge in [0.15, 0.2) is 17.5 Å². The Balaban J connectivity index is 0.000000202. The molecule has 0 saturated heterocycles.